The molecule has 1 aliphatic rings. The fourth-order valence-electron chi connectivity index (χ4n) is 8.57. The van der Waals surface area contributed by atoms with Gasteiger partial charge in [-0.05, 0) is 86.2 Å². The molecule has 1 aliphatic heterocycles. The van der Waals surface area contributed by atoms with Crippen molar-refractivity contribution < 1.29 is 0 Å². The van der Waals surface area contributed by atoms with Gasteiger partial charge in [-0.1, -0.05) is 193 Å². The van der Waals surface area contributed by atoms with Crippen molar-refractivity contribution >= 4 is 28.8 Å². The minimum absolute atomic E-state index is 0.640. The molecule has 1 aromatic heterocycles. The topological polar surface area (TPSA) is 38.7 Å². The summed E-state index contributed by atoms with van der Waals surface area (Å²) in [7, 11) is -2.65. The first-order valence-electron chi connectivity index (χ1n) is 19.5. The molecule has 10 rings (SSSR count). The van der Waals surface area contributed by atoms with Gasteiger partial charge in [0.05, 0.1) is 0 Å². The Kier molecular flexibility index (Phi) is 8.62. The molecule has 0 radical (unpaired) electrons. The first-order chi connectivity index (χ1) is 28.1. The molecule has 0 bridgehead atoms. The fraction of sp³-hybridized carbons (Fsp3) is 0.0377. The summed E-state index contributed by atoms with van der Waals surface area (Å²) in [5.74, 6) is 1.93. The van der Waals surface area contributed by atoms with Gasteiger partial charge in [-0.3, -0.25) is 0 Å². The van der Waals surface area contributed by atoms with Gasteiger partial charge in [0.25, 0.3) is 0 Å². The Labute approximate surface area is 335 Å². The highest BCUT2D eigenvalue weighted by molar-refractivity contribution is 7.22. The highest BCUT2D eigenvalue weighted by atomic mass is 28.3. The first kappa shape index (κ1) is 34.5. The molecule has 270 valence electrons. The number of nitrogens with zero attached hydrogens (tertiary/aromatic N) is 3. The SMILES string of the molecule is Cc1ccc([Si]2(c3ccc(C)cc3)c3ccccc3-c3cc(-c4nc(-c5ccccc5)nc(-c5ccc(-c6ccccc6)cc5-c5ccccc5)n4)ccc32)cc1. The van der Waals surface area contributed by atoms with Crippen molar-refractivity contribution in [3.63, 3.8) is 0 Å². The van der Waals surface area contributed by atoms with E-state index in [1.165, 1.54) is 43.0 Å². The van der Waals surface area contributed by atoms with Crippen LogP contribution in [-0.4, -0.2) is 23.0 Å². The molecule has 0 N–H and O–H groups in total. The summed E-state index contributed by atoms with van der Waals surface area (Å²) in [6, 6.07) is 72.4. The van der Waals surface area contributed by atoms with Crippen molar-refractivity contribution in [1.82, 2.24) is 15.0 Å². The third kappa shape index (κ3) is 6.02. The maximum absolute atomic E-state index is 5.33. The van der Waals surface area contributed by atoms with Crippen molar-refractivity contribution in [2.24, 2.45) is 0 Å². The Bertz CT molecular complexity index is 2840. The van der Waals surface area contributed by atoms with E-state index >= 15 is 0 Å². The first-order valence-corrected chi connectivity index (χ1v) is 21.5. The molecular formula is C53H39N3Si. The second-order valence-electron chi connectivity index (χ2n) is 15.0. The summed E-state index contributed by atoms with van der Waals surface area (Å²) in [4.78, 5) is 15.7. The average molecular weight is 746 g/mol. The third-order valence-electron chi connectivity index (χ3n) is 11.4. The molecule has 2 heterocycles. The van der Waals surface area contributed by atoms with E-state index in [0.717, 1.165) is 38.9 Å². The van der Waals surface area contributed by atoms with Gasteiger partial charge in [-0.25, -0.2) is 15.0 Å². The number of benzene rings is 8. The smallest absolute Gasteiger partial charge is 0.180 e. The van der Waals surface area contributed by atoms with Gasteiger partial charge in [0.1, 0.15) is 0 Å². The molecule has 0 saturated heterocycles. The number of rotatable bonds is 7. The lowest BCUT2D eigenvalue weighted by atomic mass is 9.94. The molecule has 8 aromatic carbocycles. The molecule has 0 amide bonds. The van der Waals surface area contributed by atoms with Crippen LogP contribution in [-0.2, 0) is 0 Å². The Hall–Kier alpha value is -7.01. The molecule has 0 unspecified atom stereocenters. The molecule has 0 spiro atoms. The minimum atomic E-state index is -2.65. The molecule has 3 nitrogen and oxygen atoms in total. The van der Waals surface area contributed by atoms with Crippen LogP contribution >= 0.6 is 0 Å². The number of aryl methyl sites for hydroxylation is 2. The predicted octanol–water partition coefficient (Wildman–Crippen LogP) is 10.2. The summed E-state index contributed by atoms with van der Waals surface area (Å²) >= 11 is 0. The number of hydrogen-bond donors (Lipinski definition) is 0. The third-order valence-corrected chi connectivity index (χ3v) is 16.3. The Balaban J connectivity index is 1.20. The highest BCUT2D eigenvalue weighted by Crippen LogP contribution is 2.37. The van der Waals surface area contributed by atoms with Gasteiger partial charge in [0.2, 0.25) is 0 Å². The lowest BCUT2D eigenvalue weighted by Gasteiger charge is -2.31. The van der Waals surface area contributed by atoms with Crippen molar-refractivity contribution in [2.45, 2.75) is 13.8 Å². The van der Waals surface area contributed by atoms with E-state index in [1.807, 2.05) is 18.2 Å². The zero-order chi connectivity index (χ0) is 38.3. The number of fused-ring (bicyclic) bond motifs is 3. The van der Waals surface area contributed by atoms with Crippen molar-refractivity contribution in [3.05, 3.63) is 211 Å². The van der Waals surface area contributed by atoms with E-state index in [2.05, 4.69) is 196 Å². The van der Waals surface area contributed by atoms with E-state index < -0.39 is 8.07 Å². The van der Waals surface area contributed by atoms with E-state index in [4.69, 9.17) is 15.0 Å². The van der Waals surface area contributed by atoms with Crippen molar-refractivity contribution in [1.29, 1.82) is 0 Å². The zero-order valence-corrected chi connectivity index (χ0v) is 32.9. The Morgan fingerprint density at radius 3 is 1.40 bits per heavy atom. The second-order valence-corrected chi connectivity index (χ2v) is 18.7. The summed E-state index contributed by atoms with van der Waals surface area (Å²) in [5, 5.41) is 5.58. The molecular weight excluding hydrogens is 707 g/mol. The normalized spacial score (nSPS) is 12.5. The molecule has 0 atom stereocenters. The van der Waals surface area contributed by atoms with Gasteiger partial charge in [0.15, 0.2) is 25.5 Å². The van der Waals surface area contributed by atoms with Crippen LogP contribution in [0.15, 0.2) is 200 Å². The van der Waals surface area contributed by atoms with E-state index in [0.29, 0.717) is 17.5 Å². The largest absolute Gasteiger partial charge is 0.208 e. The summed E-state index contributed by atoms with van der Waals surface area (Å²) in [6.07, 6.45) is 0. The predicted molar refractivity (Wildman–Crippen MR) is 239 cm³/mol. The molecule has 4 heteroatoms. The lowest BCUT2D eigenvalue weighted by Crippen LogP contribution is -2.72. The maximum atomic E-state index is 5.33. The van der Waals surface area contributed by atoms with Gasteiger partial charge < -0.3 is 0 Å². The van der Waals surface area contributed by atoms with Gasteiger partial charge in [-0.15, -0.1) is 0 Å². The van der Waals surface area contributed by atoms with Gasteiger partial charge in [0, 0.05) is 16.7 Å². The zero-order valence-electron chi connectivity index (χ0n) is 31.9. The van der Waals surface area contributed by atoms with Crippen molar-refractivity contribution in [2.75, 3.05) is 0 Å². The summed E-state index contributed by atoms with van der Waals surface area (Å²) < 4.78 is 0. The van der Waals surface area contributed by atoms with E-state index in [1.54, 1.807) is 0 Å². The van der Waals surface area contributed by atoms with Crippen LogP contribution in [0.1, 0.15) is 11.1 Å². The fourth-order valence-corrected chi connectivity index (χ4v) is 13.7. The molecule has 0 saturated carbocycles. The Morgan fingerprint density at radius 2 is 0.772 bits per heavy atom. The second kappa shape index (κ2) is 14.2. The molecule has 57 heavy (non-hydrogen) atoms. The minimum Gasteiger partial charge on any atom is -0.208 e. The van der Waals surface area contributed by atoms with Crippen LogP contribution in [0.5, 0.6) is 0 Å². The van der Waals surface area contributed by atoms with Crippen LogP contribution < -0.4 is 20.7 Å². The lowest BCUT2D eigenvalue weighted by molar-refractivity contribution is 1.07. The Morgan fingerprint density at radius 1 is 0.298 bits per heavy atom. The molecule has 0 fully saturated rings. The molecule has 0 aliphatic carbocycles. The number of aromatic nitrogens is 3. The van der Waals surface area contributed by atoms with Crippen LogP contribution in [0.25, 0.3) is 67.5 Å². The summed E-state index contributed by atoms with van der Waals surface area (Å²) in [5.41, 5.74) is 12.4. The van der Waals surface area contributed by atoms with Crippen LogP contribution in [0.2, 0.25) is 0 Å². The monoisotopic (exact) mass is 745 g/mol. The van der Waals surface area contributed by atoms with Gasteiger partial charge in [-0.2, -0.15) is 0 Å². The summed E-state index contributed by atoms with van der Waals surface area (Å²) in [6.45, 7) is 4.33. The number of hydrogen-bond acceptors (Lipinski definition) is 3. The molecule has 9 aromatic rings. The highest BCUT2D eigenvalue weighted by Gasteiger charge is 2.48. The standard InChI is InChI=1S/C53H39N3Si/c1-36-22-28-43(29-23-36)57(44-30-24-37(2)25-31-44)49-21-13-12-20-45(49)48-35-42(27-33-50(48)57)52-54-51(40-18-10-5-11-19-40)55-53(56-52)46-32-26-41(38-14-6-3-7-15-38)34-47(46)39-16-8-4-9-17-39/h3-35H,1-2H3. The van der Waals surface area contributed by atoms with Crippen LogP contribution in [0, 0.1) is 13.8 Å². The van der Waals surface area contributed by atoms with Gasteiger partial charge >= 0.3 is 0 Å². The van der Waals surface area contributed by atoms with Crippen LogP contribution in [0.4, 0.5) is 0 Å². The van der Waals surface area contributed by atoms with Crippen LogP contribution in [0.3, 0.4) is 0 Å². The van der Waals surface area contributed by atoms with E-state index in [-0.39, 0.29) is 0 Å². The quantitative estimate of drug-likeness (QED) is 0.153. The maximum Gasteiger partial charge on any atom is 0.180 e. The van der Waals surface area contributed by atoms with E-state index in [9.17, 15) is 0 Å². The van der Waals surface area contributed by atoms with Crippen molar-refractivity contribution in [3.8, 4) is 67.5 Å². The average Bonchev–Trinajstić information content (AvgIpc) is 3.58.